The molecule has 1 saturated carbocycles. The van der Waals surface area contributed by atoms with Crippen LogP contribution < -0.4 is 31.3 Å². The highest BCUT2D eigenvalue weighted by atomic mass is 35.5. The van der Waals surface area contributed by atoms with E-state index < -0.39 is 54.1 Å². The molecule has 55 heavy (non-hydrogen) atoms. The van der Waals surface area contributed by atoms with Gasteiger partial charge in [0, 0.05) is 35.1 Å². The zero-order valence-electron chi connectivity index (χ0n) is 29.2. The molecule has 3 aromatic carbocycles. The number of aliphatic hydroxyl groups excluding tert-OH is 1. The van der Waals surface area contributed by atoms with E-state index >= 15 is 0 Å². The van der Waals surface area contributed by atoms with E-state index in [1.165, 1.54) is 24.3 Å². The van der Waals surface area contributed by atoms with Gasteiger partial charge < -0.3 is 41.2 Å². The van der Waals surface area contributed by atoms with Crippen molar-refractivity contribution in [2.75, 3.05) is 42.8 Å². The molecular formula is C36H36ClF3N8O7. The highest BCUT2D eigenvalue weighted by molar-refractivity contribution is 6.39. The SMILES string of the molecule is COC(=O)[C@H](CCNC(=O)C(=O)Nc1ccc(CCO)cc1)NC(=O)c1ccc(Nc2nc(NC3(c4ccc(Cl)cc4)CC3)nc(OCC(F)(F)F)n2)cc1. The first kappa shape index (κ1) is 40.2. The number of alkyl halides is 3. The zero-order valence-corrected chi connectivity index (χ0v) is 30.0. The Kier molecular flexibility index (Phi) is 13.1. The van der Waals surface area contributed by atoms with Crippen molar-refractivity contribution in [2.24, 2.45) is 0 Å². The van der Waals surface area contributed by atoms with Gasteiger partial charge in [0.1, 0.15) is 6.04 Å². The number of carbonyl (C=O) groups is 4. The van der Waals surface area contributed by atoms with E-state index in [4.69, 9.17) is 26.2 Å². The van der Waals surface area contributed by atoms with Gasteiger partial charge in [-0.15, -0.1) is 0 Å². The highest BCUT2D eigenvalue weighted by Crippen LogP contribution is 2.48. The fraction of sp³-hybridized carbons (Fsp3) is 0.306. The standard InChI is InChI=1S/C36H36ClF3N8O7/c1-54-31(53)27(14-18-41-29(51)30(52)42-25-10-2-21(3-11-25)15-19-49)44-28(50)22-4-12-26(13-5-22)43-32-45-33(47-34(46-32)55-20-36(38,39)40)48-35(16-17-35)23-6-8-24(37)9-7-23/h2-13,27,49H,14-20H2,1H3,(H,41,51)(H,42,52)(H,44,50)(H2,43,45,46,47,48)/t27-/m0/s1. The molecular weight excluding hydrogens is 749 g/mol. The van der Waals surface area contributed by atoms with Crippen molar-refractivity contribution < 1.29 is 46.9 Å². The molecule has 0 spiro atoms. The number of aromatic nitrogens is 3. The van der Waals surface area contributed by atoms with Crippen molar-refractivity contribution in [3.63, 3.8) is 0 Å². The Hall–Kier alpha value is -6.01. The van der Waals surface area contributed by atoms with Gasteiger partial charge in [0.05, 0.1) is 12.6 Å². The number of amides is 3. The van der Waals surface area contributed by atoms with Crippen LogP contribution in [-0.2, 0) is 31.1 Å². The van der Waals surface area contributed by atoms with Gasteiger partial charge in [-0.3, -0.25) is 14.4 Å². The zero-order chi connectivity index (χ0) is 39.6. The Morgan fingerprint density at radius 3 is 2.16 bits per heavy atom. The van der Waals surface area contributed by atoms with Crippen molar-refractivity contribution in [3.8, 4) is 6.01 Å². The smallest absolute Gasteiger partial charge is 0.422 e. The predicted octanol–water partition coefficient (Wildman–Crippen LogP) is 4.26. The molecule has 0 unspecified atom stereocenters. The molecule has 5 rings (SSSR count). The molecule has 1 aliphatic carbocycles. The number of methoxy groups -OCH3 is 1. The number of ether oxygens (including phenoxy) is 2. The maximum Gasteiger partial charge on any atom is 0.422 e. The second-order valence-corrected chi connectivity index (χ2v) is 12.7. The number of nitrogens with one attached hydrogen (secondary N) is 5. The Bertz CT molecular complexity index is 1980. The van der Waals surface area contributed by atoms with Crippen LogP contribution in [-0.4, -0.2) is 82.8 Å². The summed E-state index contributed by atoms with van der Waals surface area (Å²) in [6.45, 7) is -1.82. The minimum absolute atomic E-state index is 0.0282. The monoisotopic (exact) mass is 784 g/mol. The fourth-order valence-electron chi connectivity index (χ4n) is 5.22. The average molecular weight is 785 g/mol. The Morgan fingerprint density at radius 2 is 1.55 bits per heavy atom. The molecule has 1 heterocycles. The van der Waals surface area contributed by atoms with Crippen molar-refractivity contribution in [2.45, 2.75) is 43.4 Å². The average Bonchev–Trinajstić information content (AvgIpc) is 3.94. The summed E-state index contributed by atoms with van der Waals surface area (Å²) in [5.74, 6) is -3.54. The van der Waals surface area contributed by atoms with E-state index in [-0.39, 0.29) is 37.0 Å². The number of rotatable bonds is 16. The number of benzene rings is 3. The minimum Gasteiger partial charge on any atom is -0.467 e. The summed E-state index contributed by atoms with van der Waals surface area (Å²) in [4.78, 5) is 62.5. The van der Waals surface area contributed by atoms with E-state index in [9.17, 15) is 32.3 Å². The Labute approximate surface area is 317 Å². The highest BCUT2D eigenvalue weighted by Gasteiger charge is 2.45. The van der Waals surface area contributed by atoms with Crippen LogP contribution in [0.1, 0.15) is 40.7 Å². The summed E-state index contributed by atoms with van der Waals surface area (Å²) in [5.41, 5.74) is 2.02. The van der Waals surface area contributed by atoms with Gasteiger partial charge in [0.25, 0.3) is 5.91 Å². The molecule has 3 amide bonds. The molecule has 290 valence electrons. The molecule has 0 saturated heterocycles. The van der Waals surface area contributed by atoms with Gasteiger partial charge in [0.15, 0.2) is 6.61 Å². The van der Waals surface area contributed by atoms with Crippen LogP contribution in [0.15, 0.2) is 72.8 Å². The van der Waals surface area contributed by atoms with Gasteiger partial charge in [-0.1, -0.05) is 35.9 Å². The first-order valence-electron chi connectivity index (χ1n) is 16.8. The number of hydrogen-bond donors (Lipinski definition) is 6. The van der Waals surface area contributed by atoms with Crippen LogP contribution in [0, 0.1) is 0 Å². The summed E-state index contributed by atoms with van der Waals surface area (Å²) in [6, 6.07) is 17.7. The molecule has 0 radical (unpaired) electrons. The minimum atomic E-state index is -4.64. The molecule has 0 bridgehead atoms. The van der Waals surface area contributed by atoms with E-state index in [2.05, 4.69) is 41.5 Å². The number of halogens is 4. The molecule has 1 aliphatic rings. The third kappa shape index (κ3) is 11.7. The molecule has 6 N–H and O–H groups in total. The van der Waals surface area contributed by atoms with E-state index in [0.29, 0.717) is 35.7 Å². The second kappa shape index (κ2) is 17.9. The van der Waals surface area contributed by atoms with Crippen molar-refractivity contribution in [1.29, 1.82) is 0 Å². The largest absolute Gasteiger partial charge is 0.467 e. The molecule has 4 aromatic rings. The van der Waals surface area contributed by atoms with E-state index in [0.717, 1.165) is 18.2 Å². The second-order valence-electron chi connectivity index (χ2n) is 12.3. The van der Waals surface area contributed by atoms with Crippen LogP contribution in [0.2, 0.25) is 5.02 Å². The number of anilines is 4. The van der Waals surface area contributed by atoms with Crippen LogP contribution in [0.3, 0.4) is 0 Å². The number of aliphatic hydroxyl groups is 1. The van der Waals surface area contributed by atoms with Gasteiger partial charge in [0.2, 0.25) is 11.9 Å². The maximum absolute atomic E-state index is 13.1. The first-order chi connectivity index (χ1) is 26.3. The summed E-state index contributed by atoms with van der Waals surface area (Å²) < 4.78 is 48.5. The van der Waals surface area contributed by atoms with Crippen molar-refractivity contribution >= 4 is 58.6 Å². The Balaban J connectivity index is 1.19. The maximum atomic E-state index is 13.1. The summed E-state index contributed by atoms with van der Waals surface area (Å²) >= 11 is 6.03. The lowest BCUT2D eigenvalue weighted by Gasteiger charge is -2.19. The number of esters is 1. The van der Waals surface area contributed by atoms with Crippen LogP contribution in [0.4, 0.5) is 36.4 Å². The topological polar surface area (TPSA) is 206 Å². The van der Waals surface area contributed by atoms with Crippen LogP contribution in [0.5, 0.6) is 6.01 Å². The molecule has 1 atom stereocenters. The van der Waals surface area contributed by atoms with E-state index in [1.54, 1.807) is 36.4 Å². The summed E-state index contributed by atoms with van der Waals surface area (Å²) in [5, 5.41) is 23.0. The van der Waals surface area contributed by atoms with Crippen molar-refractivity contribution in [3.05, 3.63) is 94.5 Å². The quantitative estimate of drug-likeness (QED) is 0.0697. The lowest BCUT2D eigenvalue weighted by atomic mass is 10.1. The van der Waals surface area contributed by atoms with Gasteiger partial charge >= 0.3 is 30.0 Å². The molecule has 0 aliphatic heterocycles. The molecule has 19 heteroatoms. The molecule has 15 nitrogen and oxygen atoms in total. The summed E-state index contributed by atoms with van der Waals surface area (Å²) in [7, 11) is 1.13. The van der Waals surface area contributed by atoms with Crippen LogP contribution in [0.25, 0.3) is 0 Å². The third-order valence-electron chi connectivity index (χ3n) is 8.21. The lowest BCUT2D eigenvalue weighted by Crippen LogP contribution is -2.44. The van der Waals surface area contributed by atoms with Gasteiger partial charge in [-0.25, -0.2) is 4.79 Å². The Morgan fingerprint density at radius 1 is 0.891 bits per heavy atom. The van der Waals surface area contributed by atoms with Crippen molar-refractivity contribution in [1.82, 2.24) is 25.6 Å². The fourth-order valence-corrected chi connectivity index (χ4v) is 5.35. The normalized spacial score (nSPS) is 13.5. The predicted molar refractivity (Wildman–Crippen MR) is 194 cm³/mol. The summed E-state index contributed by atoms with van der Waals surface area (Å²) in [6.07, 6.45) is -2.90. The number of nitrogens with zero attached hydrogens (tertiary/aromatic N) is 3. The number of hydrogen-bond acceptors (Lipinski definition) is 12. The molecule has 1 fully saturated rings. The van der Waals surface area contributed by atoms with Gasteiger partial charge in [-0.2, -0.15) is 28.1 Å². The van der Waals surface area contributed by atoms with Crippen LogP contribution >= 0.6 is 11.6 Å². The number of carbonyl (C=O) groups excluding carboxylic acids is 4. The third-order valence-corrected chi connectivity index (χ3v) is 8.46. The van der Waals surface area contributed by atoms with Gasteiger partial charge in [-0.05, 0) is 85.3 Å². The van der Waals surface area contributed by atoms with E-state index in [1.807, 2.05) is 12.1 Å². The molecule has 1 aromatic heterocycles. The first-order valence-corrected chi connectivity index (χ1v) is 17.2. The lowest BCUT2D eigenvalue weighted by molar-refractivity contribution is -0.154.